The average Bonchev–Trinajstić information content (AvgIpc) is 2.42. The Hall–Kier alpha value is -0.580. The molecule has 0 bridgehead atoms. The van der Waals surface area contributed by atoms with Gasteiger partial charge in [-0.05, 0) is 47.3 Å². The van der Waals surface area contributed by atoms with E-state index in [0.29, 0.717) is 24.7 Å². The lowest BCUT2D eigenvalue weighted by atomic mass is 9.91. The third-order valence-electron chi connectivity index (χ3n) is 3.52. The number of nitrogens with one attached hydrogen (secondary N) is 1. The summed E-state index contributed by atoms with van der Waals surface area (Å²) >= 11 is 9.52. The molecule has 0 aromatic heterocycles. The van der Waals surface area contributed by atoms with Gasteiger partial charge in [0.1, 0.15) is 0 Å². The van der Waals surface area contributed by atoms with Crippen LogP contribution in [0.25, 0.3) is 0 Å². The molecule has 1 aliphatic rings. The number of ether oxygens (including phenoxy) is 1. The van der Waals surface area contributed by atoms with Gasteiger partial charge in [0.25, 0.3) is 5.91 Å². The molecule has 1 amide bonds. The summed E-state index contributed by atoms with van der Waals surface area (Å²) in [4.78, 5) is 12.4. The molecule has 1 saturated heterocycles. The number of hydrogen-bond donors (Lipinski definition) is 1. The molecule has 2 rings (SSSR count). The summed E-state index contributed by atoms with van der Waals surface area (Å²) in [5.41, 5.74) is 1.34. The fourth-order valence-electron chi connectivity index (χ4n) is 2.19. The molecule has 1 heterocycles. The van der Waals surface area contributed by atoms with Crippen molar-refractivity contribution in [2.75, 3.05) is 19.1 Å². The molecule has 0 aliphatic carbocycles. The third-order valence-corrected chi connectivity index (χ3v) is 5.09. The molecule has 19 heavy (non-hydrogen) atoms. The molecule has 0 saturated carbocycles. The van der Waals surface area contributed by atoms with Crippen molar-refractivity contribution in [3.05, 3.63) is 33.8 Å². The van der Waals surface area contributed by atoms with Crippen molar-refractivity contribution >= 4 is 33.4 Å². The van der Waals surface area contributed by atoms with Gasteiger partial charge in [0.05, 0.1) is 11.1 Å². The molecule has 0 unspecified atom stereocenters. The monoisotopic (exact) mass is 345 g/mol. The van der Waals surface area contributed by atoms with Crippen LogP contribution in [0, 0.1) is 6.92 Å². The molecule has 3 nitrogen and oxygen atoms in total. The number of alkyl halides is 1. The van der Waals surface area contributed by atoms with Crippen molar-refractivity contribution < 1.29 is 9.53 Å². The van der Waals surface area contributed by atoms with Crippen LogP contribution in [0.2, 0.25) is 0 Å². The minimum Gasteiger partial charge on any atom is -0.381 e. The molecule has 104 valence electrons. The van der Waals surface area contributed by atoms with Crippen LogP contribution >= 0.6 is 27.5 Å². The molecule has 1 aromatic carbocycles. The Balaban J connectivity index is 2.17. The number of hydrogen-bond acceptors (Lipinski definition) is 2. The van der Waals surface area contributed by atoms with Gasteiger partial charge < -0.3 is 10.1 Å². The van der Waals surface area contributed by atoms with Crippen molar-refractivity contribution in [3.8, 4) is 0 Å². The lowest BCUT2D eigenvalue weighted by Crippen LogP contribution is -2.53. The fourth-order valence-corrected chi connectivity index (χ4v) is 2.96. The molecule has 0 atom stereocenters. The second-order valence-electron chi connectivity index (χ2n) is 4.92. The van der Waals surface area contributed by atoms with Crippen LogP contribution < -0.4 is 5.32 Å². The molecule has 1 N–H and O–H groups in total. The molecular formula is C14H17BrClNO2. The number of benzene rings is 1. The highest BCUT2D eigenvalue weighted by molar-refractivity contribution is 9.10. The Labute approximate surface area is 126 Å². The lowest BCUT2D eigenvalue weighted by molar-refractivity contribution is 0.0433. The van der Waals surface area contributed by atoms with Crippen LogP contribution in [0.1, 0.15) is 28.8 Å². The van der Waals surface area contributed by atoms with Crippen molar-refractivity contribution in [2.24, 2.45) is 0 Å². The van der Waals surface area contributed by atoms with Crippen molar-refractivity contribution in [3.63, 3.8) is 0 Å². The average molecular weight is 347 g/mol. The summed E-state index contributed by atoms with van der Waals surface area (Å²) in [7, 11) is 0. The van der Waals surface area contributed by atoms with Gasteiger partial charge in [-0.15, -0.1) is 11.6 Å². The van der Waals surface area contributed by atoms with E-state index in [9.17, 15) is 4.79 Å². The van der Waals surface area contributed by atoms with Gasteiger partial charge in [0, 0.05) is 23.6 Å². The van der Waals surface area contributed by atoms with Gasteiger partial charge in [-0.25, -0.2) is 0 Å². The highest BCUT2D eigenvalue weighted by Crippen LogP contribution is 2.25. The zero-order chi connectivity index (χ0) is 13.9. The highest BCUT2D eigenvalue weighted by atomic mass is 79.9. The van der Waals surface area contributed by atoms with E-state index in [1.54, 1.807) is 0 Å². The van der Waals surface area contributed by atoms with Crippen LogP contribution in [0.5, 0.6) is 0 Å². The van der Waals surface area contributed by atoms with E-state index in [0.717, 1.165) is 22.9 Å². The summed E-state index contributed by atoms with van der Waals surface area (Å²) in [5, 5.41) is 3.09. The Morgan fingerprint density at radius 1 is 1.47 bits per heavy atom. The van der Waals surface area contributed by atoms with Crippen LogP contribution in [-0.4, -0.2) is 30.5 Å². The number of rotatable bonds is 3. The van der Waals surface area contributed by atoms with Crippen LogP contribution in [-0.2, 0) is 4.74 Å². The summed E-state index contributed by atoms with van der Waals surface area (Å²) < 4.78 is 6.17. The Morgan fingerprint density at radius 3 is 2.79 bits per heavy atom. The van der Waals surface area contributed by atoms with Gasteiger partial charge in [0.2, 0.25) is 0 Å². The van der Waals surface area contributed by atoms with E-state index >= 15 is 0 Å². The fraction of sp³-hybridized carbons (Fsp3) is 0.500. The van der Waals surface area contributed by atoms with Gasteiger partial charge in [-0.3, -0.25) is 4.79 Å². The maximum atomic E-state index is 12.4. The lowest BCUT2D eigenvalue weighted by Gasteiger charge is -2.36. The number of carbonyl (C=O) groups excluding carboxylic acids is 1. The van der Waals surface area contributed by atoms with Gasteiger partial charge >= 0.3 is 0 Å². The standard InChI is InChI=1S/C14H17BrClNO2/c1-10-3-2-4-11(12(10)15)13(18)17-14(9-16)5-7-19-8-6-14/h2-4H,5-9H2,1H3,(H,17,18). The van der Waals surface area contributed by atoms with E-state index in [1.165, 1.54) is 0 Å². The molecule has 1 aliphatic heterocycles. The first-order valence-corrected chi connectivity index (χ1v) is 7.62. The van der Waals surface area contributed by atoms with Crippen molar-refractivity contribution in [2.45, 2.75) is 25.3 Å². The van der Waals surface area contributed by atoms with E-state index in [1.807, 2.05) is 25.1 Å². The first-order valence-electron chi connectivity index (χ1n) is 6.29. The Kier molecular flexibility index (Phi) is 4.87. The Bertz CT molecular complexity index is 473. The second kappa shape index (κ2) is 6.25. The van der Waals surface area contributed by atoms with E-state index in [4.69, 9.17) is 16.3 Å². The van der Waals surface area contributed by atoms with Crippen LogP contribution in [0.15, 0.2) is 22.7 Å². The first-order chi connectivity index (χ1) is 9.08. The maximum absolute atomic E-state index is 12.4. The van der Waals surface area contributed by atoms with Crippen molar-refractivity contribution in [1.82, 2.24) is 5.32 Å². The summed E-state index contributed by atoms with van der Waals surface area (Å²) in [6.45, 7) is 3.25. The van der Waals surface area contributed by atoms with E-state index in [-0.39, 0.29) is 11.4 Å². The predicted octanol–water partition coefficient (Wildman–Crippen LogP) is 3.28. The smallest absolute Gasteiger partial charge is 0.252 e. The molecule has 1 fully saturated rings. The summed E-state index contributed by atoms with van der Waals surface area (Å²) in [6, 6.07) is 5.66. The minimum atomic E-state index is -0.347. The molecular weight excluding hydrogens is 330 g/mol. The van der Waals surface area contributed by atoms with Gasteiger partial charge in [-0.2, -0.15) is 0 Å². The largest absolute Gasteiger partial charge is 0.381 e. The first kappa shape index (κ1) is 14.8. The quantitative estimate of drug-likeness (QED) is 0.853. The van der Waals surface area contributed by atoms with Gasteiger partial charge in [0.15, 0.2) is 0 Å². The Morgan fingerprint density at radius 2 is 2.16 bits per heavy atom. The number of aryl methyl sites for hydroxylation is 1. The second-order valence-corrected chi connectivity index (χ2v) is 5.98. The summed E-state index contributed by atoms with van der Waals surface area (Å²) in [5.74, 6) is 0.323. The molecule has 0 spiro atoms. The molecule has 1 aromatic rings. The maximum Gasteiger partial charge on any atom is 0.252 e. The van der Waals surface area contributed by atoms with Crippen LogP contribution in [0.4, 0.5) is 0 Å². The number of carbonyl (C=O) groups is 1. The zero-order valence-electron chi connectivity index (χ0n) is 10.8. The van der Waals surface area contributed by atoms with E-state index < -0.39 is 0 Å². The van der Waals surface area contributed by atoms with Crippen molar-refractivity contribution in [1.29, 1.82) is 0 Å². The SMILES string of the molecule is Cc1cccc(C(=O)NC2(CCl)CCOCC2)c1Br. The minimum absolute atomic E-state index is 0.0851. The normalized spacial score (nSPS) is 18.1. The van der Waals surface area contributed by atoms with E-state index in [2.05, 4.69) is 21.2 Å². The number of amides is 1. The topological polar surface area (TPSA) is 38.3 Å². The molecule has 0 radical (unpaired) electrons. The molecule has 5 heteroatoms. The predicted molar refractivity (Wildman–Crippen MR) is 79.8 cm³/mol. The zero-order valence-corrected chi connectivity index (χ0v) is 13.2. The highest BCUT2D eigenvalue weighted by Gasteiger charge is 2.33. The third kappa shape index (κ3) is 3.30. The van der Waals surface area contributed by atoms with Gasteiger partial charge in [-0.1, -0.05) is 12.1 Å². The summed E-state index contributed by atoms with van der Waals surface area (Å²) in [6.07, 6.45) is 1.51. The van der Waals surface area contributed by atoms with Crippen LogP contribution in [0.3, 0.4) is 0 Å². The number of halogens is 2.